The molecule has 0 fully saturated rings. The van der Waals surface area contributed by atoms with Gasteiger partial charge in [0.2, 0.25) is 0 Å². The van der Waals surface area contributed by atoms with Gasteiger partial charge >= 0.3 is 0 Å². The van der Waals surface area contributed by atoms with Crippen molar-refractivity contribution in [1.29, 1.82) is 0 Å². The fraction of sp³-hybridized carbons (Fsp3) is 0.250. The highest BCUT2D eigenvalue weighted by molar-refractivity contribution is 7.09. The molecule has 0 aliphatic carbocycles. The van der Waals surface area contributed by atoms with Gasteiger partial charge < -0.3 is 10.6 Å². The molecule has 18 heavy (non-hydrogen) atoms. The molecule has 0 spiro atoms. The SMILES string of the molecule is CN(C(=O)c1csc(CCN)n1)c1cccnc1. The third kappa shape index (κ3) is 2.72. The molecule has 2 aromatic rings. The Balaban J connectivity index is 2.15. The van der Waals surface area contributed by atoms with Gasteiger partial charge in [0, 0.05) is 25.0 Å². The van der Waals surface area contributed by atoms with Crippen LogP contribution in [-0.4, -0.2) is 29.5 Å². The minimum Gasteiger partial charge on any atom is -0.330 e. The van der Waals surface area contributed by atoms with Crippen LogP contribution in [0.1, 0.15) is 15.5 Å². The average molecular weight is 262 g/mol. The normalized spacial score (nSPS) is 10.3. The number of nitrogens with zero attached hydrogens (tertiary/aromatic N) is 3. The number of amides is 1. The Morgan fingerprint density at radius 2 is 2.39 bits per heavy atom. The minimum absolute atomic E-state index is 0.137. The summed E-state index contributed by atoms with van der Waals surface area (Å²) in [7, 11) is 1.71. The molecule has 1 amide bonds. The second-order valence-corrected chi connectivity index (χ2v) is 4.68. The fourth-order valence-electron chi connectivity index (χ4n) is 1.49. The quantitative estimate of drug-likeness (QED) is 0.902. The predicted molar refractivity (Wildman–Crippen MR) is 71.8 cm³/mol. The van der Waals surface area contributed by atoms with Gasteiger partial charge in [0.1, 0.15) is 5.69 Å². The fourth-order valence-corrected chi connectivity index (χ4v) is 2.28. The van der Waals surface area contributed by atoms with Crippen LogP contribution in [0.25, 0.3) is 0 Å². The summed E-state index contributed by atoms with van der Waals surface area (Å²) in [6.07, 6.45) is 4.02. The molecule has 0 saturated heterocycles. The van der Waals surface area contributed by atoms with Gasteiger partial charge in [-0.05, 0) is 18.7 Å². The Morgan fingerprint density at radius 1 is 1.56 bits per heavy atom. The molecule has 6 heteroatoms. The van der Waals surface area contributed by atoms with Gasteiger partial charge in [0.15, 0.2) is 0 Å². The lowest BCUT2D eigenvalue weighted by atomic mass is 10.3. The summed E-state index contributed by atoms with van der Waals surface area (Å²) in [5, 5.41) is 2.65. The number of thiazole rings is 1. The molecule has 0 aromatic carbocycles. The summed E-state index contributed by atoms with van der Waals surface area (Å²) < 4.78 is 0. The molecule has 2 N–H and O–H groups in total. The number of anilines is 1. The number of aromatic nitrogens is 2. The van der Waals surface area contributed by atoms with E-state index in [0.29, 0.717) is 18.7 Å². The van der Waals surface area contributed by atoms with Crippen molar-refractivity contribution in [1.82, 2.24) is 9.97 Å². The zero-order chi connectivity index (χ0) is 13.0. The monoisotopic (exact) mass is 262 g/mol. The van der Waals surface area contributed by atoms with Crippen LogP contribution >= 0.6 is 11.3 Å². The zero-order valence-electron chi connectivity index (χ0n) is 10.0. The highest BCUT2D eigenvalue weighted by Crippen LogP contribution is 2.16. The van der Waals surface area contributed by atoms with Gasteiger partial charge in [0.05, 0.1) is 16.9 Å². The Labute approximate surface area is 109 Å². The molecule has 0 radical (unpaired) electrons. The summed E-state index contributed by atoms with van der Waals surface area (Å²) >= 11 is 1.46. The van der Waals surface area contributed by atoms with Crippen molar-refractivity contribution in [3.05, 3.63) is 40.6 Å². The maximum atomic E-state index is 12.2. The molecule has 2 aromatic heterocycles. The Bertz CT molecular complexity index is 526. The van der Waals surface area contributed by atoms with Crippen LogP contribution in [-0.2, 0) is 6.42 Å². The lowest BCUT2D eigenvalue weighted by Crippen LogP contribution is -2.26. The molecule has 0 atom stereocenters. The van der Waals surface area contributed by atoms with Crippen LogP contribution in [0.4, 0.5) is 5.69 Å². The molecule has 0 bridgehead atoms. The van der Waals surface area contributed by atoms with E-state index in [-0.39, 0.29) is 5.91 Å². The van der Waals surface area contributed by atoms with Crippen LogP contribution in [0.5, 0.6) is 0 Å². The van der Waals surface area contributed by atoms with Gasteiger partial charge in [-0.25, -0.2) is 4.98 Å². The second kappa shape index (κ2) is 5.70. The lowest BCUT2D eigenvalue weighted by Gasteiger charge is -2.15. The molecule has 0 aliphatic heterocycles. The van der Waals surface area contributed by atoms with Crippen molar-refractivity contribution in [2.24, 2.45) is 5.73 Å². The van der Waals surface area contributed by atoms with Crippen molar-refractivity contribution in [3.8, 4) is 0 Å². The minimum atomic E-state index is -0.137. The largest absolute Gasteiger partial charge is 0.330 e. The van der Waals surface area contributed by atoms with Crippen LogP contribution in [0.2, 0.25) is 0 Å². The van der Waals surface area contributed by atoms with E-state index < -0.39 is 0 Å². The Hall–Kier alpha value is -1.79. The van der Waals surface area contributed by atoms with E-state index in [2.05, 4.69) is 9.97 Å². The lowest BCUT2D eigenvalue weighted by molar-refractivity contribution is 0.0988. The summed E-state index contributed by atoms with van der Waals surface area (Å²) in [6.45, 7) is 0.541. The van der Waals surface area contributed by atoms with Crippen molar-refractivity contribution < 1.29 is 4.79 Å². The van der Waals surface area contributed by atoms with Crippen LogP contribution in [0, 0.1) is 0 Å². The van der Waals surface area contributed by atoms with Crippen LogP contribution < -0.4 is 10.6 Å². The average Bonchev–Trinajstić information content (AvgIpc) is 2.87. The molecule has 0 unspecified atom stereocenters. The topological polar surface area (TPSA) is 72.1 Å². The summed E-state index contributed by atoms with van der Waals surface area (Å²) in [6, 6.07) is 3.62. The first-order valence-corrected chi connectivity index (χ1v) is 6.43. The van der Waals surface area contributed by atoms with Crippen LogP contribution in [0.3, 0.4) is 0 Å². The van der Waals surface area contributed by atoms with Gasteiger partial charge in [-0.1, -0.05) is 0 Å². The number of hydrogen-bond donors (Lipinski definition) is 1. The maximum absolute atomic E-state index is 12.2. The third-order valence-electron chi connectivity index (χ3n) is 2.47. The first kappa shape index (κ1) is 12.7. The summed E-state index contributed by atoms with van der Waals surface area (Å²) in [5.74, 6) is -0.137. The van der Waals surface area contributed by atoms with Crippen LogP contribution in [0.15, 0.2) is 29.9 Å². The van der Waals surface area contributed by atoms with Crippen molar-refractivity contribution in [2.45, 2.75) is 6.42 Å². The zero-order valence-corrected chi connectivity index (χ0v) is 10.9. The number of carbonyl (C=O) groups is 1. The number of pyridine rings is 1. The maximum Gasteiger partial charge on any atom is 0.277 e. The molecular formula is C12H14N4OS. The Morgan fingerprint density at radius 3 is 3.06 bits per heavy atom. The van der Waals surface area contributed by atoms with Crippen molar-refractivity contribution in [3.63, 3.8) is 0 Å². The molecular weight excluding hydrogens is 248 g/mol. The van der Waals surface area contributed by atoms with E-state index >= 15 is 0 Å². The first-order chi connectivity index (χ1) is 8.72. The highest BCUT2D eigenvalue weighted by atomic mass is 32.1. The standard InChI is InChI=1S/C12H14N4OS/c1-16(9-3-2-6-14-7-9)12(17)10-8-18-11(15-10)4-5-13/h2-3,6-8H,4-5,13H2,1H3. The molecule has 0 aliphatic rings. The smallest absolute Gasteiger partial charge is 0.277 e. The van der Waals surface area contributed by atoms with E-state index in [1.807, 2.05) is 6.07 Å². The van der Waals surface area contributed by atoms with E-state index in [1.165, 1.54) is 16.2 Å². The van der Waals surface area contributed by atoms with E-state index in [0.717, 1.165) is 10.7 Å². The van der Waals surface area contributed by atoms with Gasteiger partial charge in [-0.15, -0.1) is 11.3 Å². The van der Waals surface area contributed by atoms with Gasteiger partial charge in [0.25, 0.3) is 5.91 Å². The number of carbonyl (C=O) groups excluding carboxylic acids is 1. The summed E-state index contributed by atoms with van der Waals surface area (Å²) in [4.78, 5) is 22.0. The molecule has 94 valence electrons. The number of rotatable bonds is 4. The molecule has 2 rings (SSSR count). The van der Waals surface area contributed by atoms with E-state index in [1.54, 1.807) is 30.9 Å². The van der Waals surface area contributed by atoms with Crippen molar-refractivity contribution >= 4 is 22.9 Å². The van der Waals surface area contributed by atoms with Gasteiger partial charge in [-0.3, -0.25) is 9.78 Å². The van der Waals surface area contributed by atoms with E-state index in [9.17, 15) is 4.79 Å². The third-order valence-corrected chi connectivity index (χ3v) is 3.38. The number of nitrogens with two attached hydrogens (primary N) is 1. The molecule has 2 heterocycles. The van der Waals surface area contributed by atoms with Crippen molar-refractivity contribution in [2.75, 3.05) is 18.5 Å². The Kier molecular flexibility index (Phi) is 4.01. The molecule has 0 saturated carbocycles. The number of hydrogen-bond acceptors (Lipinski definition) is 5. The van der Waals surface area contributed by atoms with Gasteiger partial charge in [-0.2, -0.15) is 0 Å². The van der Waals surface area contributed by atoms with E-state index in [4.69, 9.17) is 5.73 Å². The summed E-state index contributed by atoms with van der Waals surface area (Å²) in [5.41, 5.74) is 6.66. The highest BCUT2D eigenvalue weighted by Gasteiger charge is 2.16. The molecule has 5 nitrogen and oxygen atoms in total. The first-order valence-electron chi connectivity index (χ1n) is 5.55. The second-order valence-electron chi connectivity index (χ2n) is 3.74. The predicted octanol–water partition coefficient (Wildman–Crippen LogP) is 1.32.